The Morgan fingerprint density at radius 3 is 2.80 bits per heavy atom. The fraction of sp³-hybridized carbons (Fsp3) is 0.750. The van der Waals surface area contributed by atoms with Gasteiger partial charge in [0.1, 0.15) is 0 Å². The van der Waals surface area contributed by atoms with Crippen molar-refractivity contribution in [3.8, 4) is 0 Å². The quantitative estimate of drug-likeness (QED) is 0.474. The summed E-state index contributed by atoms with van der Waals surface area (Å²) >= 11 is 1.78. The van der Waals surface area contributed by atoms with Gasteiger partial charge >= 0.3 is 0 Å². The highest BCUT2D eigenvalue weighted by Gasteiger charge is 1.99. The summed E-state index contributed by atoms with van der Waals surface area (Å²) in [4.78, 5) is 0. The van der Waals surface area contributed by atoms with Crippen molar-refractivity contribution >= 4 is 11.8 Å². The van der Waals surface area contributed by atoms with Gasteiger partial charge in [0.15, 0.2) is 0 Å². The van der Waals surface area contributed by atoms with Crippen molar-refractivity contribution in [2.45, 2.75) is 25.0 Å². The minimum atomic E-state index is 0.220. The first kappa shape index (κ1) is 10.0. The van der Waals surface area contributed by atoms with Crippen molar-refractivity contribution in [1.29, 1.82) is 0 Å². The average Bonchev–Trinajstić information content (AvgIpc) is 1.99. The lowest BCUT2D eigenvalue weighted by Gasteiger charge is -2.06. The SMILES string of the molecule is C=CC(CO)SCCCC. The van der Waals surface area contributed by atoms with E-state index in [1.54, 1.807) is 17.8 Å². The van der Waals surface area contributed by atoms with Gasteiger partial charge in [0.2, 0.25) is 0 Å². The molecule has 2 heteroatoms. The van der Waals surface area contributed by atoms with Crippen LogP contribution in [-0.4, -0.2) is 22.7 Å². The normalized spacial score (nSPS) is 13.0. The number of aliphatic hydroxyl groups excluding tert-OH is 1. The number of unbranched alkanes of at least 4 members (excludes halogenated alkanes) is 1. The highest BCUT2D eigenvalue weighted by atomic mass is 32.2. The first-order valence-electron chi connectivity index (χ1n) is 3.70. The molecule has 0 fully saturated rings. The summed E-state index contributed by atoms with van der Waals surface area (Å²) in [6.07, 6.45) is 4.26. The Morgan fingerprint density at radius 2 is 2.40 bits per heavy atom. The maximum atomic E-state index is 8.73. The molecular weight excluding hydrogens is 144 g/mol. The lowest BCUT2D eigenvalue weighted by Crippen LogP contribution is -2.04. The van der Waals surface area contributed by atoms with Crippen LogP contribution < -0.4 is 0 Å². The molecule has 0 aromatic heterocycles. The van der Waals surface area contributed by atoms with E-state index in [1.165, 1.54) is 12.8 Å². The van der Waals surface area contributed by atoms with Gasteiger partial charge in [-0.3, -0.25) is 0 Å². The Labute approximate surface area is 67.5 Å². The van der Waals surface area contributed by atoms with Gasteiger partial charge in [-0.05, 0) is 12.2 Å². The molecule has 0 bridgehead atoms. The van der Waals surface area contributed by atoms with Gasteiger partial charge in [0.25, 0.3) is 0 Å². The molecule has 0 aliphatic rings. The number of thioether (sulfide) groups is 1. The van der Waals surface area contributed by atoms with Crippen LogP contribution in [0.15, 0.2) is 12.7 Å². The summed E-state index contributed by atoms with van der Waals surface area (Å²) < 4.78 is 0. The van der Waals surface area contributed by atoms with E-state index >= 15 is 0 Å². The molecule has 0 aliphatic heterocycles. The molecule has 0 aliphatic carbocycles. The molecule has 1 unspecified atom stereocenters. The van der Waals surface area contributed by atoms with Gasteiger partial charge in [0, 0.05) is 5.25 Å². The third-order valence-electron chi connectivity index (χ3n) is 1.27. The second-order valence-corrected chi connectivity index (χ2v) is 3.53. The summed E-state index contributed by atoms with van der Waals surface area (Å²) in [5, 5.41) is 8.98. The number of hydrogen-bond donors (Lipinski definition) is 1. The topological polar surface area (TPSA) is 20.2 Å². The van der Waals surface area contributed by atoms with Crippen LogP contribution in [0.1, 0.15) is 19.8 Å². The van der Waals surface area contributed by atoms with Crippen LogP contribution in [-0.2, 0) is 0 Å². The molecule has 1 atom stereocenters. The summed E-state index contributed by atoms with van der Waals surface area (Å²) in [7, 11) is 0. The van der Waals surface area contributed by atoms with Gasteiger partial charge in [-0.15, -0.1) is 6.58 Å². The van der Waals surface area contributed by atoms with Crippen LogP contribution >= 0.6 is 11.8 Å². The second kappa shape index (κ2) is 7.16. The first-order chi connectivity index (χ1) is 4.85. The van der Waals surface area contributed by atoms with Crippen LogP contribution in [0.25, 0.3) is 0 Å². The molecule has 0 saturated carbocycles. The molecule has 60 valence electrons. The van der Waals surface area contributed by atoms with E-state index in [2.05, 4.69) is 13.5 Å². The standard InChI is InChI=1S/C8H16OS/c1-3-5-6-10-8(4-2)7-9/h4,8-9H,2-3,5-7H2,1H3. The van der Waals surface area contributed by atoms with E-state index in [9.17, 15) is 0 Å². The molecule has 1 nitrogen and oxygen atoms in total. The lowest BCUT2D eigenvalue weighted by atomic mass is 10.4. The zero-order chi connectivity index (χ0) is 7.82. The van der Waals surface area contributed by atoms with Crippen molar-refractivity contribution in [1.82, 2.24) is 0 Å². The third kappa shape index (κ3) is 4.89. The van der Waals surface area contributed by atoms with Gasteiger partial charge in [-0.1, -0.05) is 19.4 Å². The minimum Gasteiger partial charge on any atom is -0.395 e. The highest BCUT2D eigenvalue weighted by Crippen LogP contribution is 2.12. The summed E-state index contributed by atoms with van der Waals surface area (Å²) in [6.45, 7) is 6.02. The molecule has 0 amide bonds. The second-order valence-electron chi connectivity index (χ2n) is 2.18. The fourth-order valence-corrected chi connectivity index (χ4v) is 1.57. The van der Waals surface area contributed by atoms with Gasteiger partial charge in [0.05, 0.1) is 6.61 Å². The van der Waals surface area contributed by atoms with E-state index in [-0.39, 0.29) is 11.9 Å². The average molecular weight is 160 g/mol. The molecule has 0 heterocycles. The van der Waals surface area contributed by atoms with Gasteiger partial charge in [-0.2, -0.15) is 11.8 Å². The smallest absolute Gasteiger partial charge is 0.0585 e. The Kier molecular flexibility index (Phi) is 7.20. The van der Waals surface area contributed by atoms with E-state index in [1.807, 2.05) is 0 Å². The molecule has 10 heavy (non-hydrogen) atoms. The lowest BCUT2D eigenvalue weighted by molar-refractivity contribution is 0.307. The largest absolute Gasteiger partial charge is 0.395 e. The molecule has 0 radical (unpaired) electrons. The van der Waals surface area contributed by atoms with Gasteiger partial charge < -0.3 is 5.11 Å². The summed E-state index contributed by atoms with van der Waals surface area (Å²) in [5.41, 5.74) is 0. The van der Waals surface area contributed by atoms with E-state index in [0.717, 1.165) is 5.75 Å². The van der Waals surface area contributed by atoms with Crippen LogP contribution in [0, 0.1) is 0 Å². The monoisotopic (exact) mass is 160 g/mol. The summed E-state index contributed by atoms with van der Waals surface area (Å²) in [5.74, 6) is 1.13. The van der Waals surface area contributed by atoms with Crippen LogP contribution in [0.3, 0.4) is 0 Å². The number of aliphatic hydroxyl groups is 1. The Balaban J connectivity index is 3.17. The molecule has 1 N–H and O–H groups in total. The summed E-state index contributed by atoms with van der Waals surface area (Å²) in [6, 6.07) is 0. The molecular formula is C8H16OS. The molecule has 0 rings (SSSR count). The van der Waals surface area contributed by atoms with E-state index < -0.39 is 0 Å². The van der Waals surface area contributed by atoms with Crippen molar-refractivity contribution < 1.29 is 5.11 Å². The Bertz CT molecular complexity index is 83.3. The molecule has 0 aromatic rings. The third-order valence-corrected chi connectivity index (χ3v) is 2.57. The zero-order valence-corrected chi connectivity index (χ0v) is 7.36. The van der Waals surface area contributed by atoms with Crippen LogP contribution in [0.2, 0.25) is 0 Å². The molecule has 0 spiro atoms. The highest BCUT2D eigenvalue weighted by molar-refractivity contribution is 8.00. The van der Waals surface area contributed by atoms with E-state index in [4.69, 9.17) is 5.11 Å². The minimum absolute atomic E-state index is 0.220. The molecule has 0 saturated heterocycles. The van der Waals surface area contributed by atoms with Crippen molar-refractivity contribution in [3.05, 3.63) is 12.7 Å². The predicted molar refractivity (Wildman–Crippen MR) is 48.4 cm³/mol. The van der Waals surface area contributed by atoms with Crippen molar-refractivity contribution in [3.63, 3.8) is 0 Å². The number of hydrogen-bond acceptors (Lipinski definition) is 2. The van der Waals surface area contributed by atoms with Crippen LogP contribution in [0.4, 0.5) is 0 Å². The maximum absolute atomic E-state index is 8.73. The van der Waals surface area contributed by atoms with Crippen LogP contribution in [0.5, 0.6) is 0 Å². The number of rotatable bonds is 6. The fourth-order valence-electron chi connectivity index (χ4n) is 0.574. The van der Waals surface area contributed by atoms with Gasteiger partial charge in [-0.25, -0.2) is 0 Å². The van der Waals surface area contributed by atoms with Crippen molar-refractivity contribution in [2.24, 2.45) is 0 Å². The molecule has 0 aromatic carbocycles. The maximum Gasteiger partial charge on any atom is 0.0585 e. The van der Waals surface area contributed by atoms with E-state index in [0.29, 0.717) is 0 Å². The van der Waals surface area contributed by atoms with Crippen molar-refractivity contribution in [2.75, 3.05) is 12.4 Å². The zero-order valence-electron chi connectivity index (χ0n) is 6.55. The Hall–Kier alpha value is 0.0500. The first-order valence-corrected chi connectivity index (χ1v) is 4.75. The Morgan fingerprint density at radius 1 is 1.70 bits per heavy atom. The predicted octanol–water partition coefficient (Wildman–Crippen LogP) is 2.07.